The molecule has 2 aromatic heterocycles. The number of aryl methyl sites for hydroxylation is 1. The second kappa shape index (κ2) is 10.1. The van der Waals surface area contributed by atoms with Crippen LogP contribution in [0.2, 0.25) is 0 Å². The molecule has 0 saturated carbocycles. The smallest absolute Gasteiger partial charge is 0.386 e. The number of aliphatic hydroxyl groups is 2. The van der Waals surface area contributed by atoms with Gasteiger partial charge in [0.05, 0.1) is 12.4 Å². The highest BCUT2D eigenvalue weighted by Gasteiger charge is 2.58. The van der Waals surface area contributed by atoms with Gasteiger partial charge in [-0.05, 0) is 20.8 Å². The van der Waals surface area contributed by atoms with Gasteiger partial charge in [0.1, 0.15) is 29.2 Å². The first-order valence-corrected chi connectivity index (χ1v) is 14.6. The predicted octanol–water partition coefficient (Wildman–Crippen LogP) is 0.542. The predicted molar refractivity (Wildman–Crippen MR) is 120 cm³/mol. The highest BCUT2D eigenvalue weighted by atomic mass is 32.1. The topological polar surface area (TPSA) is 256 Å². The summed E-state index contributed by atoms with van der Waals surface area (Å²) in [6.45, 7) is 4.07. The molecule has 0 aromatic carbocycles. The number of phosphoric ester groups is 1. The monoisotopic (exact) mass is 590 g/mol. The molecular weight excluding hydrogens is 569 g/mol. The lowest BCUT2D eigenvalue weighted by Gasteiger charge is -2.27. The molecule has 7 N–H and O–H groups in total. The lowest BCUT2D eigenvalue weighted by Crippen LogP contribution is -2.47. The van der Waals surface area contributed by atoms with Gasteiger partial charge in [0.2, 0.25) is 0 Å². The Morgan fingerprint density at radius 3 is 2.47 bits per heavy atom. The summed E-state index contributed by atoms with van der Waals surface area (Å²) in [6, 6.07) is 0. The molecule has 1 aliphatic rings. The van der Waals surface area contributed by atoms with E-state index in [-0.39, 0.29) is 15.8 Å². The number of nitrogens with zero attached hydrogens (tertiary/aromatic N) is 3. The lowest BCUT2D eigenvalue weighted by atomic mass is 9.93. The highest BCUT2D eigenvalue weighted by Crippen LogP contribution is 2.66. The minimum Gasteiger partial charge on any atom is -0.386 e. The molecule has 0 spiro atoms. The van der Waals surface area contributed by atoms with Crippen LogP contribution in [0.5, 0.6) is 0 Å². The number of ether oxygens (including phenoxy) is 1. The van der Waals surface area contributed by atoms with E-state index >= 15 is 0 Å². The number of aliphatic hydroxyl groups excluding tert-OH is 1. The molecule has 0 bridgehead atoms. The van der Waals surface area contributed by atoms with Gasteiger partial charge in [-0.1, -0.05) is 18.1 Å². The summed E-state index contributed by atoms with van der Waals surface area (Å²) in [5, 5.41) is 22.1. The Balaban J connectivity index is 1.92. The standard InChI is InChI=1S/C15H21N4O13P3S/c1-4-5-15(21)11(20)10(7(2)30-34(25,26)32-35(27,28)31-33(22,23)24)29-14(15)19-6-16-9-12(19)17-8(3)18-13(9)36/h6-7,10-11,14,20-21H,1-3H3,(H,25,26)(H,27,28)(H,17,18,36)(H2,22,23,24)/t7-,10-,11+,14-,15?/m1/s1. The van der Waals surface area contributed by atoms with Crippen molar-refractivity contribution in [3.8, 4) is 11.8 Å². The van der Waals surface area contributed by atoms with Crippen LogP contribution in [0.3, 0.4) is 0 Å². The van der Waals surface area contributed by atoms with Gasteiger partial charge in [-0.3, -0.25) is 9.09 Å². The zero-order chi connectivity index (χ0) is 27.3. The zero-order valence-corrected chi connectivity index (χ0v) is 22.0. The molecule has 0 radical (unpaired) electrons. The van der Waals surface area contributed by atoms with E-state index in [9.17, 15) is 33.7 Å². The first-order chi connectivity index (χ1) is 16.4. The van der Waals surface area contributed by atoms with Gasteiger partial charge < -0.3 is 39.5 Å². The van der Waals surface area contributed by atoms with Gasteiger partial charge in [0, 0.05) is 0 Å². The maximum Gasteiger partial charge on any atom is 0.490 e. The third-order valence-corrected chi connectivity index (χ3v) is 8.96. The summed E-state index contributed by atoms with van der Waals surface area (Å²) >= 11 is 5.18. The quantitative estimate of drug-likeness (QED) is 0.126. The Morgan fingerprint density at radius 1 is 1.25 bits per heavy atom. The SMILES string of the molecule is CC#CC1(O)[C@@H](O)[C@@H]([C@@H](C)OP(=O)(O)OP(=O)(O)OP(=O)(O)O)O[C@H]1n1cnc2c(=S)nc(C)[nH]c21. The summed E-state index contributed by atoms with van der Waals surface area (Å²) in [5.41, 5.74) is -1.83. The molecule has 3 heterocycles. The number of nitrogens with one attached hydrogen (secondary N) is 1. The number of aromatic amines is 1. The maximum atomic E-state index is 12.2. The normalized spacial score (nSPS) is 28.8. The Labute approximate surface area is 207 Å². The molecular formula is C15H21N4O13P3S. The molecule has 3 unspecified atom stereocenters. The zero-order valence-electron chi connectivity index (χ0n) is 18.5. The van der Waals surface area contributed by atoms with Crippen molar-refractivity contribution < 1.29 is 61.4 Å². The van der Waals surface area contributed by atoms with Crippen molar-refractivity contribution in [2.24, 2.45) is 0 Å². The van der Waals surface area contributed by atoms with E-state index in [1.165, 1.54) is 17.8 Å². The Bertz CT molecular complexity index is 1430. The average Bonchev–Trinajstić information content (AvgIpc) is 3.18. The number of imidazole rings is 1. The summed E-state index contributed by atoms with van der Waals surface area (Å²) in [5.74, 6) is 5.29. The van der Waals surface area contributed by atoms with Crippen LogP contribution < -0.4 is 0 Å². The van der Waals surface area contributed by atoms with Crippen molar-refractivity contribution in [2.75, 3.05) is 0 Å². The minimum atomic E-state index is -5.77. The highest BCUT2D eigenvalue weighted by molar-refractivity contribution is 7.71. The van der Waals surface area contributed by atoms with Crippen LogP contribution in [0.1, 0.15) is 25.9 Å². The molecule has 200 valence electrons. The van der Waals surface area contributed by atoms with Gasteiger partial charge in [0.15, 0.2) is 16.5 Å². The second-order valence-corrected chi connectivity index (χ2v) is 12.2. The molecule has 2 aromatic rings. The Morgan fingerprint density at radius 2 is 1.89 bits per heavy atom. The fourth-order valence-electron chi connectivity index (χ4n) is 3.50. The van der Waals surface area contributed by atoms with E-state index in [4.69, 9.17) is 31.3 Å². The Hall–Kier alpha value is -1.38. The first kappa shape index (κ1) is 29.2. The van der Waals surface area contributed by atoms with Crippen LogP contribution in [0.25, 0.3) is 11.2 Å². The number of rotatable bonds is 8. The molecule has 7 atom stereocenters. The van der Waals surface area contributed by atoms with Crippen LogP contribution in [-0.2, 0) is 31.6 Å². The summed E-state index contributed by atoms with van der Waals surface area (Å²) < 4.78 is 53.8. The minimum absolute atomic E-state index is 0.140. The first-order valence-electron chi connectivity index (χ1n) is 9.64. The average molecular weight is 590 g/mol. The maximum absolute atomic E-state index is 12.2. The van der Waals surface area contributed by atoms with Gasteiger partial charge >= 0.3 is 23.5 Å². The van der Waals surface area contributed by atoms with E-state index in [0.717, 1.165) is 6.92 Å². The fourth-order valence-corrected chi connectivity index (χ4v) is 6.98. The van der Waals surface area contributed by atoms with Crippen LogP contribution in [0.4, 0.5) is 0 Å². The third-order valence-electron chi connectivity index (χ3n) is 4.75. The molecule has 3 rings (SSSR count). The van der Waals surface area contributed by atoms with Crippen molar-refractivity contribution in [1.29, 1.82) is 0 Å². The number of fused-ring (bicyclic) bond motifs is 1. The van der Waals surface area contributed by atoms with E-state index in [1.807, 2.05) is 0 Å². The Kier molecular flexibility index (Phi) is 8.16. The molecule has 21 heteroatoms. The molecule has 1 saturated heterocycles. The molecule has 1 aliphatic heterocycles. The van der Waals surface area contributed by atoms with E-state index in [2.05, 4.69) is 35.4 Å². The van der Waals surface area contributed by atoms with Crippen molar-refractivity contribution in [1.82, 2.24) is 19.5 Å². The van der Waals surface area contributed by atoms with Crippen molar-refractivity contribution in [2.45, 2.75) is 50.9 Å². The van der Waals surface area contributed by atoms with Gasteiger partial charge in [-0.25, -0.2) is 23.7 Å². The van der Waals surface area contributed by atoms with Crippen LogP contribution in [-0.4, -0.2) is 73.2 Å². The second-order valence-electron chi connectivity index (χ2n) is 7.48. The van der Waals surface area contributed by atoms with E-state index < -0.39 is 53.6 Å². The molecule has 0 aliphatic carbocycles. The largest absolute Gasteiger partial charge is 0.490 e. The third kappa shape index (κ3) is 6.18. The number of hydrogen-bond donors (Lipinski definition) is 7. The molecule has 17 nitrogen and oxygen atoms in total. The van der Waals surface area contributed by atoms with Crippen molar-refractivity contribution >= 4 is 46.8 Å². The summed E-state index contributed by atoms with van der Waals surface area (Å²) in [7, 11) is -16.9. The van der Waals surface area contributed by atoms with Gasteiger partial charge in [0.25, 0.3) is 0 Å². The number of aromatic nitrogens is 4. The van der Waals surface area contributed by atoms with Crippen LogP contribution in [0, 0.1) is 23.4 Å². The van der Waals surface area contributed by atoms with Crippen molar-refractivity contribution in [3.63, 3.8) is 0 Å². The molecule has 0 amide bonds. The van der Waals surface area contributed by atoms with E-state index in [0.29, 0.717) is 5.82 Å². The number of hydrogen-bond acceptors (Lipinski definition) is 12. The van der Waals surface area contributed by atoms with Crippen LogP contribution >= 0.6 is 35.7 Å². The summed E-state index contributed by atoms with van der Waals surface area (Å²) in [4.78, 5) is 47.5. The number of H-pyrrole nitrogens is 1. The number of phosphoric acid groups is 3. The van der Waals surface area contributed by atoms with Gasteiger partial charge in [-0.2, -0.15) is 8.62 Å². The van der Waals surface area contributed by atoms with E-state index in [1.54, 1.807) is 6.92 Å². The molecule has 36 heavy (non-hydrogen) atoms. The van der Waals surface area contributed by atoms with Gasteiger partial charge in [-0.15, -0.1) is 5.92 Å². The van der Waals surface area contributed by atoms with Crippen LogP contribution in [0.15, 0.2) is 6.33 Å². The summed E-state index contributed by atoms with van der Waals surface area (Å²) in [6.07, 6.45) is -5.38. The fraction of sp³-hybridized carbons (Fsp3) is 0.533. The van der Waals surface area contributed by atoms with Crippen molar-refractivity contribution in [3.05, 3.63) is 16.8 Å². The molecule has 1 fully saturated rings. The lowest BCUT2D eigenvalue weighted by molar-refractivity contribution is -0.0831.